The van der Waals surface area contributed by atoms with Crippen LogP contribution in [0.15, 0.2) is 0 Å². The van der Waals surface area contributed by atoms with Gasteiger partial charge in [0.15, 0.2) is 0 Å². The van der Waals surface area contributed by atoms with Crippen molar-refractivity contribution in [2.24, 2.45) is 17.8 Å². The van der Waals surface area contributed by atoms with E-state index in [9.17, 15) is 0 Å². The Morgan fingerprint density at radius 1 is 1.25 bits per heavy atom. The molecule has 0 saturated heterocycles. The fraction of sp³-hybridized carbons (Fsp3) is 1.00. The summed E-state index contributed by atoms with van der Waals surface area (Å²) in [6.45, 7) is 10.0. The summed E-state index contributed by atoms with van der Waals surface area (Å²) in [6.07, 6.45) is 4.46. The molecule has 4 unspecified atom stereocenters. The van der Waals surface area contributed by atoms with E-state index in [1.54, 1.807) is 0 Å². The van der Waals surface area contributed by atoms with Crippen LogP contribution in [0.4, 0.5) is 0 Å². The van der Waals surface area contributed by atoms with Crippen LogP contribution in [0.2, 0.25) is 0 Å². The average Bonchev–Trinajstić information content (AvgIpc) is 2.25. The first-order valence-corrected chi connectivity index (χ1v) is 6.83. The summed E-state index contributed by atoms with van der Waals surface area (Å²) in [5.41, 5.74) is 0. The molecule has 1 aliphatic carbocycles. The van der Waals surface area contributed by atoms with E-state index >= 15 is 0 Å². The smallest absolute Gasteiger partial charge is 0.0620 e. The van der Waals surface area contributed by atoms with Crippen molar-refractivity contribution < 1.29 is 4.74 Å². The molecule has 96 valence electrons. The molecule has 0 aliphatic heterocycles. The molecule has 4 atom stereocenters. The van der Waals surface area contributed by atoms with Gasteiger partial charge in [-0.3, -0.25) is 0 Å². The van der Waals surface area contributed by atoms with Crippen molar-refractivity contribution >= 4 is 0 Å². The Bertz CT molecular complexity index is 193. The lowest BCUT2D eigenvalue weighted by Crippen LogP contribution is -2.37. The van der Waals surface area contributed by atoms with Crippen LogP contribution in [-0.4, -0.2) is 25.8 Å². The lowest BCUT2D eigenvalue weighted by molar-refractivity contribution is -0.0438. The summed E-state index contributed by atoms with van der Waals surface area (Å²) < 4.78 is 6.12. The first-order valence-electron chi connectivity index (χ1n) is 6.83. The fourth-order valence-corrected chi connectivity index (χ4v) is 2.66. The molecule has 0 bridgehead atoms. The summed E-state index contributed by atoms with van der Waals surface area (Å²) in [7, 11) is 2.00. The summed E-state index contributed by atoms with van der Waals surface area (Å²) in [4.78, 5) is 0. The van der Waals surface area contributed by atoms with Crippen molar-refractivity contribution in [3.63, 3.8) is 0 Å². The number of hydrogen-bond acceptors (Lipinski definition) is 2. The van der Waals surface area contributed by atoms with Gasteiger partial charge in [-0.2, -0.15) is 0 Å². The topological polar surface area (TPSA) is 21.3 Å². The molecule has 0 spiro atoms. The highest BCUT2D eigenvalue weighted by Gasteiger charge is 2.31. The molecule has 16 heavy (non-hydrogen) atoms. The van der Waals surface area contributed by atoms with Gasteiger partial charge in [-0.05, 0) is 44.6 Å². The van der Waals surface area contributed by atoms with Crippen molar-refractivity contribution in [1.82, 2.24) is 5.32 Å². The minimum absolute atomic E-state index is 0.463. The standard InChI is InChI=1S/C14H29NO/c1-10(2)13-7-6-11(3)8-14(13)16-9-12(4)15-5/h10-15H,6-9H2,1-5H3. The van der Waals surface area contributed by atoms with Crippen molar-refractivity contribution in [3.8, 4) is 0 Å². The Labute approximate surface area is 101 Å². The van der Waals surface area contributed by atoms with Crippen LogP contribution >= 0.6 is 0 Å². The van der Waals surface area contributed by atoms with E-state index in [2.05, 4.69) is 33.0 Å². The third kappa shape index (κ3) is 4.06. The molecule has 0 amide bonds. The summed E-state index contributed by atoms with van der Waals surface area (Å²) >= 11 is 0. The number of likely N-dealkylation sites (N-methyl/N-ethyl adjacent to an activating group) is 1. The molecule has 2 nitrogen and oxygen atoms in total. The minimum atomic E-state index is 0.463. The van der Waals surface area contributed by atoms with E-state index < -0.39 is 0 Å². The molecule has 0 aromatic rings. The van der Waals surface area contributed by atoms with Crippen LogP contribution in [0.1, 0.15) is 47.0 Å². The van der Waals surface area contributed by atoms with E-state index in [0.717, 1.165) is 24.4 Å². The molecule has 1 aliphatic rings. The quantitative estimate of drug-likeness (QED) is 0.779. The normalized spacial score (nSPS) is 33.0. The third-order valence-electron chi connectivity index (χ3n) is 4.01. The number of rotatable bonds is 5. The van der Waals surface area contributed by atoms with Crippen LogP contribution in [0, 0.1) is 17.8 Å². The largest absolute Gasteiger partial charge is 0.376 e. The van der Waals surface area contributed by atoms with Crippen LogP contribution in [-0.2, 0) is 4.74 Å². The van der Waals surface area contributed by atoms with Crippen molar-refractivity contribution in [1.29, 1.82) is 0 Å². The van der Waals surface area contributed by atoms with Gasteiger partial charge in [-0.1, -0.05) is 27.2 Å². The van der Waals surface area contributed by atoms with Gasteiger partial charge in [0, 0.05) is 6.04 Å². The van der Waals surface area contributed by atoms with Crippen LogP contribution < -0.4 is 5.32 Å². The maximum atomic E-state index is 6.12. The number of hydrogen-bond donors (Lipinski definition) is 1. The van der Waals surface area contributed by atoms with E-state index in [-0.39, 0.29) is 0 Å². The molecule has 0 heterocycles. The van der Waals surface area contributed by atoms with Gasteiger partial charge in [0.25, 0.3) is 0 Å². The van der Waals surface area contributed by atoms with Crippen LogP contribution in [0.25, 0.3) is 0 Å². The predicted octanol–water partition coefficient (Wildman–Crippen LogP) is 3.07. The monoisotopic (exact) mass is 227 g/mol. The second-order valence-corrected chi connectivity index (χ2v) is 5.89. The van der Waals surface area contributed by atoms with Gasteiger partial charge in [0.1, 0.15) is 0 Å². The Morgan fingerprint density at radius 2 is 1.94 bits per heavy atom. The van der Waals surface area contributed by atoms with Gasteiger partial charge in [-0.15, -0.1) is 0 Å². The zero-order valence-corrected chi connectivity index (χ0v) is 11.6. The van der Waals surface area contributed by atoms with E-state index in [4.69, 9.17) is 4.74 Å². The van der Waals surface area contributed by atoms with Gasteiger partial charge < -0.3 is 10.1 Å². The number of nitrogens with one attached hydrogen (secondary N) is 1. The molecule has 1 saturated carbocycles. The van der Waals surface area contributed by atoms with Gasteiger partial charge in [0.05, 0.1) is 12.7 Å². The van der Waals surface area contributed by atoms with Crippen LogP contribution in [0.3, 0.4) is 0 Å². The first-order chi connectivity index (χ1) is 7.54. The molecule has 0 radical (unpaired) electrons. The third-order valence-corrected chi connectivity index (χ3v) is 4.01. The summed E-state index contributed by atoms with van der Waals surface area (Å²) in [5.74, 6) is 2.35. The van der Waals surface area contributed by atoms with E-state index in [1.165, 1.54) is 19.3 Å². The molecular weight excluding hydrogens is 198 g/mol. The highest BCUT2D eigenvalue weighted by Crippen LogP contribution is 2.35. The lowest BCUT2D eigenvalue weighted by atomic mass is 9.75. The Balaban J connectivity index is 2.44. The van der Waals surface area contributed by atoms with Crippen molar-refractivity contribution in [2.75, 3.05) is 13.7 Å². The van der Waals surface area contributed by atoms with Gasteiger partial charge in [-0.25, -0.2) is 0 Å². The fourth-order valence-electron chi connectivity index (χ4n) is 2.66. The van der Waals surface area contributed by atoms with Crippen LogP contribution in [0.5, 0.6) is 0 Å². The van der Waals surface area contributed by atoms with Gasteiger partial charge in [0.2, 0.25) is 0 Å². The Kier molecular flexibility index (Phi) is 5.77. The first kappa shape index (κ1) is 14.0. The average molecular weight is 227 g/mol. The van der Waals surface area contributed by atoms with Crippen molar-refractivity contribution in [3.05, 3.63) is 0 Å². The zero-order valence-electron chi connectivity index (χ0n) is 11.6. The maximum Gasteiger partial charge on any atom is 0.0620 e. The summed E-state index contributed by atoms with van der Waals surface area (Å²) in [6, 6.07) is 0.463. The SMILES string of the molecule is CNC(C)COC1CC(C)CCC1C(C)C. The molecular formula is C14H29NO. The molecule has 0 aromatic carbocycles. The molecule has 1 fully saturated rings. The highest BCUT2D eigenvalue weighted by molar-refractivity contribution is 4.81. The summed E-state index contributed by atoms with van der Waals surface area (Å²) in [5, 5.41) is 3.23. The minimum Gasteiger partial charge on any atom is -0.376 e. The van der Waals surface area contributed by atoms with E-state index in [0.29, 0.717) is 12.1 Å². The Morgan fingerprint density at radius 3 is 2.50 bits per heavy atom. The number of ether oxygens (including phenoxy) is 1. The zero-order chi connectivity index (χ0) is 12.1. The Hall–Kier alpha value is -0.0800. The highest BCUT2D eigenvalue weighted by atomic mass is 16.5. The maximum absolute atomic E-state index is 6.12. The molecule has 1 N–H and O–H groups in total. The molecule has 2 heteroatoms. The van der Waals surface area contributed by atoms with Gasteiger partial charge >= 0.3 is 0 Å². The molecule has 0 aromatic heterocycles. The molecule has 1 rings (SSSR count). The second kappa shape index (κ2) is 6.61. The van der Waals surface area contributed by atoms with E-state index in [1.807, 2.05) is 7.05 Å². The predicted molar refractivity (Wildman–Crippen MR) is 69.6 cm³/mol. The second-order valence-electron chi connectivity index (χ2n) is 5.89. The lowest BCUT2D eigenvalue weighted by Gasteiger charge is -2.37. The van der Waals surface area contributed by atoms with Crippen molar-refractivity contribution in [2.45, 2.75) is 59.1 Å².